The third-order valence-corrected chi connectivity index (χ3v) is 3.22. The number of carbonyl (C=O) groups excluding carboxylic acids is 3. The number of carbonyl (C=O) groups is 3. The van der Waals surface area contributed by atoms with Crippen LogP contribution in [0.15, 0.2) is 47.1 Å². The molecule has 0 aliphatic carbocycles. The zero-order valence-electron chi connectivity index (χ0n) is 13.4. The van der Waals surface area contributed by atoms with Gasteiger partial charge in [-0.15, -0.1) is 0 Å². The molecule has 0 aliphatic heterocycles. The van der Waals surface area contributed by atoms with Crippen LogP contribution in [0.3, 0.4) is 0 Å². The van der Waals surface area contributed by atoms with Crippen LogP contribution in [0.4, 0.5) is 4.79 Å². The van der Waals surface area contributed by atoms with E-state index in [0.717, 1.165) is 0 Å². The second kappa shape index (κ2) is 7.96. The van der Waals surface area contributed by atoms with Crippen molar-refractivity contribution in [2.45, 2.75) is 20.0 Å². The van der Waals surface area contributed by atoms with Crippen LogP contribution in [0, 0.1) is 6.92 Å². The monoisotopic (exact) mass is 330 g/mol. The predicted molar refractivity (Wildman–Crippen MR) is 85.3 cm³/mol. The highest BCUT2D eigenvalue weighted by Gasteiger charge is 2.28. The van der Waals surface area contributed by atoms with Crippen molar-refractivity contribution >= 4 is 17.9 Å². The number of ether oxygens (including phenoxy) is 1. The number of imide groups is 1. The van der Waals surface area contributed by atoms with Gasteiger partial charge < -0.3 is 14.5 Å². The minimum Gasteiger partial charge on any atom is -0.469 e. The Labute approximate surface area is 139 Å². The van der Waals surface area contributed by atoms with E-state index in [1.165, 1.54) is 12.3 Å². The molecule has 126 valence electrons. The van der Waals surface area contributed by atoms with Gasteiger partial charge in [-0.05, 0) is 19.9 Å². The Kier molecular flexibility index (Phi) is 5.73. The molecule has 2 rings (SSSR count). The van der Waals surface area contributed by atoms with Gasteiger partial charge in [0.2, 0.25) is 6.10 Å². The molecule has 7 heteroatoms. The van der Waals surface area contributed by atoms with Crippen LogP contribution >= 0.6 is 0 Å². The number of amides is 3. The quantitative estimate of drug-likeness (QED) is 0.820. The van der Waals surface area contributed by atoms with Gasteiger partial charge in [0.1, 0.15) is 11.3 Å². The lowest BCUT2D eigenvalue weighted by atomic mass is 10.1. The molecule has 7 nitrogen and oxygen atoms in total. The number of benzene rings is 1. The van der Waals surface area contributed by atoms with Crippen LogP contribution in [0.25, 0.3) is 0 Å². The fourth-order valence-corrected chi connectivity index (χ4v) is 2.05. The Morgan fingerprint density at radius 1 is 1.17 bits per heavy atom. The summed E-state index contributed by atoms with van der Waals surface area (Å²) in [6.45, 7) is 3.70. The van der Waals surface area contributed by atoms with Crippen LogP contribution in [-0.2, 0) is 9.53 Å². The average Bonchev–Trinajstić information content (AvgIpc) is 2.99. The Bertz CT molecular complexity index is 724. The van der Waals surface area contributed by atoms with Gasteiger partial charge in [-0.3, -0.25) is 10.1 Å². The Morgan fingerprint density at radius 3 is 2.46 bits per heavy atom. The maximum Gasteiger partial charge on any atom is 0.342 e. The first-order chi connectivity index (χ1) is 11.5. The fourth-order valence-electron chi connectivity index (χ4n) is 2.05. The van der Waals surface area contributed by atoms with Crippen molar-refractivity contribution in [1.29, 1.82) is 0 Å². The summed E-state index contributed by atoms with van der Waals surface area (Å²) in [5, 5.41) is 4.60. The summed E-state index contributed by atoms with van der Waals surface area (Å²) in [5.74, 6) is -1.06. The van der Waals surface area contributed by atoms with Gasteiger partial charge in [-0.1, -0.05) is 30.3 Å². The summed E-state index contributed by atoms with van der Waals surface area (Å²) in [6, 6.07) is 9.26. The molecule has 1 atom stereocenters. The van der Waals surface area contributed by atoms with Crippen molar-refractivity contribution in [3.63, 3.8) is 0 Å². The summed E-state index contributed by atoms with van der Waals surface area (Å²) in [4.78, 5) is 36.2. The molecule has 1 heterocycles. The molecule has 0 bridgehead atoms. The summed E-state index contributed by atoms with van der Waals surface area (Å²) in [5.41, 5.74) is 0.676. The summed E-state index contributed by atoms with van der Waals surface area (Å²) in [6.07, 6.45) is 0.105. The van der Waals surface area contributed by atoms with Gasteiger partial charge in [-0.2, -0.15) is 0 Å². The van der Waals surface area contributed by atoms with Gasteiger partial charge in [0.05, 0.1) is 6.26 Å². The summed E-state index contributed by atoms with van der Waals surface area (Å²) < 4.78 is 10.4. The highest BCUT2D eigenvalue weighted by Crippen LogP contribution is 2.21. The van der Waals surface area contributed by atoms with Crippen LogP contribution < -0.4 is 10.6 Å². The lowest BCUT2D eigenvalue weighted by molar-refractivity contribution is -0.129. The van der Waals surface area contributed by atoms with E-state index in [9.17, 15) is 14.4 Å². The molecule has 0 saturated carbocycles. The van der Waals surface area contributed by atoms with Crippen molar-refractivity contribution < 1.29 is 23.5 Å². The van der Waals surface area contributed by atoms with E-state index in [0.29, 0.717) is 17.9 Å². The number of nitrogens with one attached hydrogen (secondary N) is 2. The standard InChI is InChI=1S/C17H18N2O5/c1-3-18-17(22)19-15(20)14(12-7-5-4-6-8-12)24-16(21)13-9-10-23-11(13)2/h4-10,14H,3H2,1-2H3,(H2,18,19,20,22)/t14-/m1/s1. The molecule has 0 spiro atoms. The largest absolute Gasteiger partial charge is 0.469 e. The van der Waals surface area contributed by atoms with E-state index in [4.69, 9.17) is 9.15 Å². The van der Waals surface area contributed by atoms with Gasteiger partial charge in [-0.25, -0.2) is 9.59 Å². The van der Waals surface area contributed by atoms with Gasteiger partial charge >= 0.3 is 12.0 Å². The molecule has 0 fully saturated rings. The molecule has 2 aromatic rings. The Balaban J connectivity index is 2.20. The second-order valence-corrected chi connectivity index (χ2v) is 4.94. The van der Waals surface area contributed by atoms with Crippen molar-refractivity contribution in [2.75, 3.05) is 6.54 Å². The van der Waals surface area contributed by atoms with Crippen molar-refractivity contribution in [3.8, 4) is 0 Å². The highest BCUT2D eigenvalue weighted by molar-refractivity contribution is 5.99. The smallest absolute Gasteiger partial charge is 0.342 e. The number of urea groups is 1. The van der Waals surface area contributed by atoms with E-state index in [1.54, 1.807) is 44.2 Å². The van der Waals surface area contributed by atoms with E-state index < -0.39 is 24.0 Å². The molecule has 0 aliphatic rings. The minimum atomic E-state index is -1.25. The van der Waals surface area contributed by atoms with Crippen molar-refractivity contribution in [2.24, 2.45) is 0 Å². The SMILES string of the molecule is CCNC(=O)NC(=O)[C@H](OC(=O)c1ccoc1C)c1ccccc1. The Hall–Kier alpha value is -3.09. The first-order valence-corrected chi connectivity index (χ1v) is 7.41. The van der Waals surface area contributed by atoms with Crippen LogP contribution in [0.1, 0.15) is 34.7 Å². The first-order valence-electron chi connectivity index (χ1n) is 7.41. The van der Waals surface area contributed by atoms with E-state index in [-0.39, 0.29) is 5.56 Å². The van der Waals surface area contributed by atoms with Crippen molar-refractivity contribution in [3.05, 3.63) is 59.5 Å². The van der Waals surface area contributed by atoms with Crippen LogP contribution in [-0.4, -0.2) is 24.5 Å². The number of furan rings is 1. The lowest BCUT2D eigenvalue weighted by Crippen LogP contribution is -2.42. The second-order valence-electron chi connectivity index (χ2n) is 4.94. The molecule has 3 amide bonds. The topological polar surface area (TPSA) is 97.6 Å². The number of hydrogen-bond donors (Lipinski definition) is 2. The molecule has 2 N–H and O–H groups in total. The molecule has 1 aromatic carbocycles. The van der Waals surface area contributed by atoms with Crippen LogP contribution in [0.5, 0.6) is 0 Å². The number of hydrogen-bond acceptors (Lipinski definition) is 5. The maximum absolute atomic E-state index is 12.3. The summed E-state index contributed by atoms with van der Waals surface area (Å²) in [7, 11) is 0. The highest BCUT2D eigenvalue weighted by atomic mass is 16.5. The fraction of sp³-hybridized carbons (Fsp3) is 0.235. The maximum atomic E-state index is 12.3. The Morgan fingerprint density at radius 2 is 1.88 bits per heavy atom. The zero-order chi connectivity index (χ0) is 17.5. The van der Waals surface area contributed by atoms with Gasteiger partial charge in [0, 0.05) is 12.1 Å². The molecule has 24 heavy (non-hydrogen) atoms. The van der Waals surface area contributed by atoms with Gasteiger partial charge in [0.15, 0.2) is 0 Å². The van der Waals surface area contributed by atoms with E-state index in [1.807, 2.05) is 0 Å². The minimum absolute atomic E-state index is 0.224. The summed E-state index contributed by atoms with van der Waals surface area (Å²) >= 11 is 0. The van der Waals surface area contributed by atoms with E-state index >= 15 is 0 Å². The van der Waals surface area contributed by atoms with Crippen molar-refractivity contribution in [1.82, 2.24) is 10.6 Å². The zero-order valence-corrected chi connectivity index (χ0v) is 13.4. The lowest BCUT2D eigenvalue weighted by Gasteiger charge is -2.17. The van der Waals surface area contributed by atoms with E-state index in [2.05, 4.69) is 10.6 Å². The normalized spacial score (nSPS) is 11.4. The molecule has 0 saturated heterocycles. The van der Waals surface area contributed by atoms with Crippen LogP contribution in [0.2, 0.25) is 0 Å². The predicted octanol–water partition coefficient (Wildman–Crippen LogP) is 2.33. The number of esters is 1. The third kappa shape index (κ3) is 4.22. The molecule has 0 radical (unpaired) electrons. The third-order valence-electron chi connectivity index (χ3n) is 3.22. The first kappa shape index (κ1) is 17.3. The van der Waals surface area contributed by atoms with Gasteiger partial charge in [0.25, 0.3) is 5.91 Å². The molecular formula is C17H18N2O5. The average molecular weight is 330 g/mol. The number of rotatable bonds is 5. The molecule has 1 aromatic heterocycles. The molecular weight excluding hydrogens is 312 g/mol. The number of aryl methyl sites for hydroxylation is 1. The molecule has 0 unspecified atom stereocenters.